The number of aryl methyl sites for hydroxylation is 1. The molecule has 2 aromatic carbocycles. The van der Waals surface area contributed by atoms with Gasteiger partial charge in [0.05, 0.1) is 12.3 Å². The number of rotatable bonds is 12. The highest BCUT2D eigenvalue weighted by molar-refractivity contribution is 7.84. The summed E-state index contributed by atoms with van der Waals surface area (Å²) < 4.78 is 21.3. The second kappa shape index (κ2) is 14.5. The molecule has 4 atom stereocenters. The van der Waals surface area contributed by atoms with E-state index in [4.69, 9.17) is 16.3 Å². The van der Waals surface area contributed by atoms with E-state index < -0.39 is 11.0 Å². The van der Waals surface area contributed by atoms with Crippen LogP contribution in [0, 0.1) is 11.8 Å². The molecular weight excluding hydrogens is 556 g/mol. The van der Waals surface area contributed by atoms with E-state index in [1.54, 1.807) is 26.0 Å². The highest BCUT2D eigenvalue weighted by atomic mass is 35.5. The molecule has 0 radical (unpaired) electrons. The molecule has 1 heterocycles. The van der Waals surface area contributed by atoms with E-state index in [0.717, 1.165) is 49.2 Å². The van der Waals surface area contributed by atoms with Gasteiger partial charge in [0, 0.05) is 40.8 Å². The van der Waals surface area contributed by atoms with Crippen LogP contribution >= 0.6 is 11.6 Å². The summed E-state index contributed by atoms with van der Waals surface area (Å²) in [6.07, 6.45) is 9.55. The molecule has 41 heavy (non-hydrogen) atoms. The lowest BCUT2D eigenvalue weighted by atomic mass is 9.71. The van der Waals surface area contributed by atoms with Crippen LogP contribution in [0.15, 0.2) is 48.6 Å². The number of benzene rings is 2. The van der Waals surface area contributed by atoms with Crippen molar-refractivity contribution in [1.29, 1.82) is 0 Å². The zero-order valence-corrected chi connectivity index (χ0v) is 26.2. The van der Waals surface area contributed by atoms with Crippen LogP contribution in [0.4, 0.5) is 5.69 Å². The molecule has 0 aromatic heterocycles. The molecule has 1 N–H and O–H groups in total. The second-order valence-electron chi connectivity index (χ2n) is 11.5. The molecule has 0 bridgehead atoms. The lowest BCUT2D eigenvalue weighted by Gasteiger charge is -2.40. The van der Waals surface area contributed by atoms with Gasteiger partial charge in [-0.15, -0.1) is 0 Å². The molecule has 1 aliphatic heterocycles. The fourth-order valence-corrected chi connectivity index (χ4v) is 6.35. The zero-order valence-electron chi connectivity index (χ0n) is 24.7. The SMILES string of the molecule is CC/C=C/C(=O)C1CCC1CN1CC(c2ccc(Cl)cc2CCCC)COc2ccc(C(=O)NS(=O)C(C)C)cc21. The van der Waals surface area contributed by atoms with Crippen molar-refractivity contribution in [2.75, 3.05) is 24.6 Å². The molecule has 2 aromatic rings. The third-order valence-corrected chi connectivity index (χ3v) is 9.64. The first-order chi connectivity index (χ1) is 19.7. The number of halogens is 1. The number of carbonyl (C=O) groups is 2. The average molecular weight is 599 g/mol. The Morgan fingerprint density at radius 2 is 1.98 bits per heavy atom. The van der Waals surface area contributed by atoms with E-state index in [0.29, 0.717) is 31.0 Å². The molecule has 2 aliphatic rings. The van der Waals surface area contributed by atoms with Gasteiger partial charge in [-0.3, -0.25) is 14.3 Å². The number of ketones is 1. The molecule has 1 saturated carbocycles. The van der Waals surface area contributed by atoms with Gasteiger partial charge in [0.15, 0.2) is 5.78 Å². The number of anilines is 1. The van der Waals surface area contributed by atoms with E-state index in [-0.39, 0.29) is 34.7 Å². The van der Waals surface area contributed by atoms with Gasteiger partial charge in [0.1, 0.15) is 16.7 Å². The summed E-state index contributed by atoms with van der Waals surface area (Å²) >= 11 is 6.41. The third kappa shape index (κ3) is 7.81. The fraction of sp³-hybridized carbons (Fsp3) is 0.515. The Hall–Kier alpha value is -2.64. The normalized spacial score (nSPS) is 21.1. The number of unbranched alkanes of at least 4 members (excludes halogenated alkanes) is 1. The van der Waals surface area contributed by atoms with Crippen LogP contribution in [0.1, 0.15) is 87.2 Å². The first kappa shape index (κ1) is 31.3. The first-order valence-electron chi connectivity index (χ1n) is 14.9. The predicted molar refractivity (Wildman–Crippen MR) is 168 cm³/mol. The van der Waals surface area contributed by atoms with E-state index in [1.807, 2.05) is 31.2 Å². The second-order valence-corrected chi connectivity index (χ2v) is 13.7. The van der Waals surface area contributed by atoms with Gasteiger partial charge in [-0.05, 0) is 99.4 Å². The Kier molecular flexibility index (Phi) is 11.1. The van der Waals surface area contributed by atoms with E-state index in [9.17, 15) is 13.8 Å². The predicted octanol–water partition coefficient (Wildman–Crippen LogP) is 7.03. The molecule has 8 heteroatoms. The van der Waals surface area contributed by atoms with Crippen molar-refractivity contribution in [3.63, 3.8) is 0 Å². The largest absolute Gasteiger partial charge is 0.491 e. The standard InChI is InChI=1S/C33H43ClN2O4S/c1-5-7-9-23-17-27(34)13-15-28(23)26-20-36(19-25-11-14-29(25)31(37)10-8-6-2)30-18-24(12-16-32(30)40-21-26)33(38)35-41(39)22(3)4/h8,10,12-13,15-18,22,25-26,29H,5-7,9,11,14,19-21H2,1-4H3,(H,35,38)/b10-8+. The minimum absolute atomic E-state index is 0.0134. The molecule has 0 saturated heterocycles. The van der Waals surface area contributed by atoms with Crippen LogP contribution in [-0.4, -0.2) is 40.8 Å². The number of allylic oxidation sites excluding steroid dienone is 2. The molecular formula is C33H43ClN2O4S. The molecule has 6 nitrogen and oxygen atoms in total. The molecule has 4 rings (SSSR count). The Balaban J connectivity index is 1.67. The van der Waals surface area contributed by atoms with Crippen molar-refractivity contribution in [2.24, 2.45) is 11.8 Å². The van der Waals surface area contributed by atoms with Crippen molar-refractivity contribution in [3.8, 4) is 5.75 Å². The monoisotopic (exact) mass is 598 g/mol. The van der Waals surface area contributed by atoms with Gasteiger partial charge in [-0.1, -0.05) is 44.0 Å². The molecule has 0 spiro atoms. The summed E-state index contributed by atoms with van der Waals surface area (Å²) in [6.45, 7) is 9.73. The van der Waals surface area contributed by atoms with Crippen LogP contribution in [0.2, 0.25) is 5.02 Å². The lowest BCUT2D eigenvalue weighted by Crippen LogP contribution is -2.42. The summed E-state index contributed by atoms with van der Waals surface area (Å²) in [5.41, 5.74) is 3.75. The van der Waals surface area contributed by atoms with Crippen LogP contribution in [0.3, 0.4) is 0 Å². The summed E-state index contributed by atoms with van der Waals surface area (Å²) in [5, 5.41) is 0.552. The maximum atomic E-state index is 13.0. The van der Waals surface area contributed by atoms with Crippen molar-refractivity contribution in [2.45, 2.75) is 77.4 Å². The summed E-state index contributed by atoms with van der Waals surface area (Å²) in [4.78, 5) is 28.2. The summed E-state index contributed by atoms with van der Waals surface area (Å²) in [5.74, 6) is 0.875. The number of carbonyl (C=O) groups excluding carboxylic acids is 2. The summed E-state index contributed by atoms with van der Waals surface area (Å²) in [7, 11) is -1.47. The van der Waals surface area contributed by atoms with E-state index in [2.05, 4.69) is 28.7 Å². The Morgan fingerprint density at radius 1 is 1.17 bits per heavy atom. The number of ether oxygens (including phenoxy) is 1. The maximum absolute atomic E-state index is 13.0. The quantitative estimate of drug-likeness (QED) is 0.266. The first-order valence-corrected chi connectivity index (χ1v) is 16.5. The van der Waals surface area contributed by atoms with Crippen LogP contribution in [0.5, 0.6) is 5.75 Å². The van der Waals surface area contributed by atoms with Crippen molar-refractivity contribution >= 4 is 40.0 Å². The average Bonchev–Trinajstić information content (AvgIpc) is 3.12. The maximum Gasteiger partial charge on any atom is 0.263 e. The minimum Gasteiger partial charge on any atom is -0.491 e. The van der Waals surface area contributed by atoms with Crippen LogP contribution < -0.4 is 14.4 Å². The number of fused-ring (bicyclic) bond motifs is 1. The van der Waals surface area contributed by atoms with Crippen molar-refractivity contribution in [1.82, 2.24) is 4.72 Å². The summed E-state index contributed by atoms with van der Waals surface area (Å²) in [6, 6.07) is 11.6. The highest BCUT2D eigenvalue weighted by Gasteiger charge is 2.38. The Morgan fingerprint density at radius 3 is 2.66 bits per heavy atom. The molecule has 222 valence electrons. The molecule has 4 unspecified atom stereocenters. The van der Waals surface area contributed by atoms with Crippen molar-refractivity contribution < 1.29 is 18.5 Å². The number of hydrogen-bond acceptors (Lipinski definition) is 5. The molecule has 1 amide bonds. The van der Waals surface area contributed by atoms with Gasteiger partial charge >= 0.3 is 0 Å². The number of nitrogens with one attached hydrogen (secondary N) is 1. The molecule has 1 fully saturated rings. The third-order valence-electron chi connectivity index (χ3n) is 8.16. The topological polar surface area (TPSA) is 75.7 Å². The number of nitrogens with zero attached hydrogens (tertiary/aromatic N) is 1. The zero-order chi connectivity index (χ0) is 29.5. The number of amides is 1. The van der Waals surface area contributed by atoms with E-state index in [1.165, 1.54) is 11.1 Å². The smallest absolute Gasteiger partial charge is 0.263 e. The van der Waals surface area contributed by atoms with Crippen molar-refractivity contribution in [3.05, 3.63) is 70.3 Å². The van der Waals surface area contributed by atoms with Gasteiger partial charge in [-0.25, -0.2) is 4.21 Å². The van der Waals surface area contributed by atoms with Gasteiger partial charge < -0.3 is 9.64 Å². The molecule has 1 aliphatic carbocycles. The van der Waals surface area contributed by atoms with Crippen LogP contribution in [0.25, 0.3) is 0 Å². The number of hydrogen-bond donors (Lipinski definition) is 1. The van der Waals surface area contributed by atoms with E-state index >= 15 is 0 Å². The van der Waals surface area contributed by atoms with Gasteiger partial charge in [0.2, 0.25) is 0 Å². The Labute approximate surface area is 252 Å². The Bertz CT molecular complexity index is 1290. The lowest BCUT2D eigenvalue weighted by molar-refractivity contribution is -0.122. The fourth-order valence-electron chi connectivity index (χ4n) is 5.62. The minimum atomic E-state index is -1.47. The van der Waals surface area contributed by atoms with Crippen LogP contribution in [-0.2, 0) is 22.2 Å². The highest BCUT2D eigenvalue weighted by Crippen LogP contribution is 2.41. The van der Waals surface area contributed by atoms with Gasteiger partial charge in [0.25, 0.3) is 5.91 Å². The van der Waals surface area contributed by atoms with Gasteiger partial charge in [-0.2, -0.15) is 0 Å².